The Morgan fingerprint density at radius 2 is 2.08 bits per heavy atom. The van der Waals surface area contributed by atoms with Crippen LogP contribution in [0.25, 0.3) is 0 Å². The van der Waals surface area contributed by atoms with Gasteiger partial charge in [0.15, 0.2) is 16.7 Å². The van der Waals surface area contributed by atoms with Crippen LogP contribution >= 0.6 is 23.4 Å². The molecule has 0 amide bonds. The zero-order valence-electron chi connectivity index (χ0n) is 14.8. The summed E-state index contributed by atoms with van der Waals surface area (Å²) in [7, 11) is 3.22. The summed E-state index contributed by atoms with van der Waals surface area (Å²) in [4.78, 5) is 11.9. The van der Waals surface area contributed by atoms with E-state index in [9.17, 15) is 0 Å². The van der Waals surface area contributed by atoms with Crippen LogP contribution in [0.4, 0.5) is 0 Å². The van der Waals surface area contributed by atoms with E-state index in [1.165, 1.54) is 0 Å². The molecule has 0 N–H and O–H groups in total. The van der Waals surface area contributed by atoms with Crippen molar-refractivity contribution >= 4 is 28.5 Å². The highest BCUT2D eigenvalue weighted by molar-refractivity contribution is 8.14. The van der Waals surface area contributed by atoms with E-state index < -0.39 is 0 Å². The molecular formula is C19H20ClN3O2S. The Labute approximate surface area is 162 Å². The summed E-state index contributed by atoms with van der Waals surface area (Å²) in [5, 5.41) is 2.12. The Kier molecular flexibility index (Phi) is 4.71. The van der Waals surface area contributed by atoms with E-state index in [-0.39, 0.29) is 12.1 Å². The Morgan fingerprint density at radius 3 is 2.77 bits per heavy atom. The van der Waals surface area contributed by atoms with Gasteiger partial charge in [-0.2, -0.15) is 0 Å². The molecule has 2 aliphatic rings. The zero-order valence-corrected chi connectivity index (χ0v) is 16.4. The van der Waals surface area contributed by atoms with Gasteiger partial charge in [-0.3, -0.25) is 9.98 Å². The smallest absolute Gasteiger partial charge is 0.179 e. The largest absolute Gasteiger partial charge is 0.493 e. The van der Waals surface area contributed by atoms with Crippen molar-refractivity contribution in [3.05, 3.63) is 52.8 Å². The fourth-order valence-electron chi connectivity index (χ4n) is 3.59. The van der Waals surface area contributed by atoms with Gasteiger partial charge in [-0.1, -0.05) is 36.4 Å². The summed E-state index contributed by atoms with van der Waals surface area (Å²) in [5.74, 6) is 1.18. The first-order valence-corrected chi connectivity index (χ1v) is 9.71. The number of hydrogen-bond donors (Lipinski definition) is 0. The molecule has 2 aromatic rings. The third-order valence-corrected chi connectivity index (χ3v) is 6.06. The summed E-state index contributed by atoms with van der Waals surface area (Å²) in [6, 6.07) is 9.87. The van der Waals surface area contributed by atoms with Crippen LogP contribution in [-0.4, -0.2) is 41.1 Å². The van der Waals surface area contributed by atoms with Gasteiger partial charge in [-0.05, 0) is 29.8 Å². The van der Waals surface area contributed by atoms with Crippen LogP contribution in [0.5, 0.6) is 11.5 Å². The van der Waals surface area contributed by atoms with Crippen molar-refractivity contribution in [3.63, 3.8) is 0 Å². The molecule has 2 aliphatic heterocycles. The molecule has 1 saturated heterocycles. The molecule has 7 heteroatoms. The molecule has 0 aliphatic carbocycles. The number of rotatable bonds is 4. The topological polar surface area (TPSA) is 47.0 Å². The molecule has 26 heavy (non-hydrogen) atoms. The number of aromatic nitrogens is 1. The first-order chi connectivity index (χ1) is 12.6. The number of nitrogens with zero attached hydrogens (tertiary/aromatic N) is 3. The van der Waals surface area contributed by atoms with Gasteiger partial charge in [0.1, 0.15) is 6.04 Å². The molecule has 0 bridgehead atoms. The molecule has 136 valence electrons. The van der Waals surface area contributed by atoms with Crippen molar-refractivity contribution in [1.29, 1.82) is 0 Å². The van der Waals surface area contributed by atoms with Crippen LogP contribution in [0, 0.1) is 0 Å². The number of thioether (sulfide) groups is 1. The lowest BCUT2D eigenvalue weighted by Crippen LogP contribution is -2.28. The predicted octanol–water partition coefficient (Wildman–Crippen LogP) is 4.34. The second-order valence-electron chi connectivity index (χ2n) is 6.38. The summed E-state index contributed by atoms with van der Waals surface area (Å²) in [5.41, 5.74) is 2.01. The van der Waals surface area contributed by atoms with Crippen LogP contribution in [0.3, 0.4) is 0 Å². The minimum absolute atomic E-state index is 0.0367. The van der Waals surface area contributed by atoms with Crippen molar-refractivity contribution in [2.45, 2.75) is 24.3 Å². The van der Waals surface area contributed by atoms with Gasteiger partial charge in [0.2, 0.25) is 0 Å². The molecule has 0 radical (unpaired) electrons. The van der Waals surface area contributed by atoms with Crippen molar-refractivity contribution in [3.8, 4) is 11.5 Å². The number of aliphatic imine (C=N–C) groups is 1. The maximum Gasteiger partial charge on any atom is 0.179 e. The number of halogens is 1. The van der Waals surface area contributed by atoms with E-state index in [2.05, 4.69) is 16.8 Å². The van der Waals surface area contributed by atoms with Gasteiger partial charge in [-0.15, -0.1) is 0 Å². The summed E-state index contributed by atoms with van der Waals surface area (Å²) >= 11 is 8.29. The minimum Gasteiger partial charge on any atom is -0.493 e. The second-order valence-corrected chi connectivity index (χ2v) is 8.19. The number of ether oxygens (including phenoxy) is 2. The molecule has 5 nitrogen and oxygen atoms in total. The molecule has 0 unspecified atom stereocenters. The van der Waals surface area contributed by atoms with Crippen LogP contribution in [0.1, 0.15) is 30.3 Å². The van der Waals surface area contributed by atoms with Crippen LogP contribution in [0.2, 0.25) is 5.02 Å². The van der Waals surface area contributed by atoms with E-state index >= 15 is 0 Å². The summed E-state index contributed by atoms with van der Waals surface area (Å²) in [6.45, 7) is 3.17. The van der Waals surface area contributed by atoms with Gasteiger partial charge < -0.3 is 14.4 Å². The molecule has 1 aromatic heterocycles. The highest BCUT2D eigenvalue weighted by atomic mass is 35.5. The lowest BCUT2D eigenvalue weighted by Gasteiger charge is -2.28. The molecule has 1 aromatic carbocycles. The minimum atomic E-state index is -0.0691. The quantitative estimate of drug-likeness (QED) is 0.778. The van der Waals surface area contributed by atoms with Crippen molar-refractivity contribution in [2.75, 3.05) is 20.8 Å². The standard InChI is InChI=1S/C19H20ClN3O2S/c1-11-10-23-17(12-8-13(20)18(25-3)15(9-12)24-2)16(22-19(23)26-11)14-6-4-5-7-21-14/h4-9,11,16-17H,10H2,1-3H3/t11-,16+,17-/m1/s1. The SMILES string of the molecule is COc1cc([C@@H]2[C@H](c3ccccn3)N=C3S[C@H](C)CN32)cc(Cl)c1OC. The Balaban J connectivity index is 1.81. The number of methoxy groups -OCH3 is 2. The molecule has 3 atom stereocenters. The molecule has 0 saturated carbocycles. The second kappa shape index (κ2) is 7.00. The maximum absolute atomic E-state index is 6.48. The molecule has 1 fully saturated rings. The van der Waals surface area contributed by atoms with E-state index in [0.717, 1.165) is 23.0 Å². The molecule has 3 heterocycles. The van der Waals surface area contributed by atoms with Crippen LogP contribution < -0.4 is 9.47 Å². The third-order valence-electron chi connectivity index (χ3n) is 4.68. The van der Waals surface area contributed by atoms with Gasteiger partial charge in [0, 0.05) is 18.0 Å². The number of benzene rings is 1. The summed E-state index contributed by atoms with van der Waals surface area (Å²) < 4.78 is 10.9. The Hall–Kier alpha value is -1.92. The first-order valence-electron chi connectivity index (χ1n) is 8.45. The fourth-order valence-corrected chi connectivity index (χ4v) is 4.98. The van der Waals surface area contributed by atoms with Crippen LogP contribution in [-0.2, 0) is 0 Å². The van der Waals surface area contributed by atoms with Gasteiger partial charge in [-0.25, -0.2) is 0 Å². The predicted molar refractivity (Wildman–Crippen MR) is 105 cm³/mol. The normalized spacial score (nSPS) is 24.4. The average molecular weight is 390 g/mol. The Morgan fingerprint density at radius 1 is 1.23 bits per heavy atom. The Bertz CT molecular complexity index is 846. The molecular weight excluding hydrogens is 370 g/mol. The number of fused-ring (bicyclic) bond motifs is 1. The van der Waals surface area contributed by atoms with E-state index in [1.807, 2.05) is 48.3 Å². The highest BCUT2D eigenvalue weighted by Crippen LogP contribution is 2.49. The average Bonchev–Trinajstić information content (AvgIpc) is 3.17. The van der Waals surface area contributed by atoms with Gasteiger partial charge >= 0.3 is 0 Å². The van der Waals surface area contributed by atoms with E-state index in [0.29, 0.717) is 21.8 Å². The molecule has 0 spiro atoms. The monoisotopic (exact) mass is 389 g/mol. The zero-order chi connectivity index (χ0) is 18.3. The van der Waals surface area contributed by atoms with Crippen molar-refractivity contribution < 1.29 is 9.47 Å². The molecule has 4 rings (SSSR count). The van der Waals surface area contributed by atoms with E-state index in [4.69, 9.17) is 26.1 Å². The first kappa shape index (κ1) is 17.5. The third kappa shape index (κ3) is 2.91. The van der Waals surface area contributed by atoms with Gasteiger partial charge in [0.25, 0.3) is 0 Å². The number of pyridine rings is 1. The van der Waals surface area contributed by atoms with Crippen LogP contribution in [0.15, 0.2) is 41.5 Å². The number of hydrogen-bond acceptors (Lipinski definition) is 6. The van der Waals surface area contributed by atoms with Crippen molar-refractivity contribution in [2.24, 2.45) is 4.99 Å². The number of amidine groups is 1. The maximum atomic E-state index is 6.48. The summed E-state index contributed by atoms with van der Waals surface area (Å²) in [6.07, 6.45) is 1.81. The fraction of sp³-hybridized carbons (Fsp3) is 0.368. The highest BCUT2D eigenvalue weighted by Gasteiger charge is 2.43. The van der Waals surface area contributed by atoms with Crippen molar-refractivity contribution in [1.82, 2.24) is 9.88 Å². The lowest BCUT2D eigenvalue weighted by molar-refractivity contribution is 0.317. The lowest BCUT2D eigenvalue weighted by atomic mass is 9.96. The van der Waals surface area contributed by atoms with E-state index in [1.54, 1.807) is 14.2 Å². The van der Waals surface area contributed by atoms with Gasteiger partial charge in [0.05, 0.1) is 31.0 Å².